The van der Waals surface area contributed by atoms with Gasteiger partial charge in [-0.15, -0.1) is 0 Å². The number of hydrogen-bond acceptors (Lipinski definition) is 2. The molecule has 0 atom stereocenters. The zero-order valence-corrected chi connectivity index (χ0v) is 10.6. The van der Waals surface area contributed by atoms with E-state index in [0.717, 1.165) is 5.56 Å². The van der Waals surface area contributed by atoms with Crippen LogP contribution in [0.2, 0.25) is 0 Å². The van der Waals surface area contributed by atoms with Gasteiger partial charge in [0.15, 0.2) is 0 Å². The molecule has 0 aliphatic heterocycles. The van der Waals surface area contributed by atoms with Crippen molar-refractivity contribution in [1.82, 2.24) is 4.90 Å². The smallest absolute Gasteiger partial charge is 0.226 e. The van der Waals surface area contributed by atoms with E-state index in [1.807, 2.05) is 38.1 Å². The van der Waals surface area contributed by atoms with Crippen LogP contribution in [-0.4, -0.2) is 35.6 Å². The predicted octanol–water partition coefficient (Wildman–Crippen LogP) is 1.77. The highest BCUT2D eigenvalue weighted by Crippen LogP contribution is 2.06. The average Bonchev–Trinajstić information content (AvgIpc) is 2.33. The maximum absolute atomic E-state index is 12.0. The van der Waals surface area contributed by atoms with E-state index in [2.05, 4.69) is 0 Å². The van der Waals surface area contributed by atoms with E-state index >= 15 is 0 Å². The molecular weight excluding hydrogens is 214 g/mol. The van der Waals surface area contributed by atoms with Gasteiger partial charge >= 0.3 is 0 Å². The molecule has 17 heavy (non-hydrogen) atoms. The first kappa shape index (κ1) is 13.7. The summed E-state index contributed by atoms with van der Waals surface area (Å²) < 4.78 is 0. The highest BCUT2D eigenvalue weighted by molar-refractivity contribution is 5.78. The summed E-state index contributed by atoms with van der Waals surface area (Å²) in [5.41, 5.74) is 2.25. The van der Waals surface area contributed by atoms with Gasteiger partial charge in [-0.1, -0.05) is 29.8 Å². The van der Waals surface area contributed by atoms with Crippen LogP contribution in [0.15, 0.2) is 24.3 Å². The van der Waals surface area contributed by atoms with Crippen molar-refractivity contribution in [3.8, 4) is 0 Å². The van der Waals surface area contributed by atoms with Crippen molar-refractivity contribution in [1.29, 1.82) is 0 Å². The minimum absolute atomic E-state index is 0.129. The van der Waals surface area contributed by atoms with Gasteiger partial charge in [-0.2, -0.15) is 0 Å². The van der Waals surface area contributed by atoms with Crippen molar-refractivity contribution in [3.05, 3.63) is 35.4 Å². The Morgan fingerprint density at radius 2 is 1.94 bits per heavy atom. The topological polar surface area (TPSA) is 40.5 Å². The van der Waals surface area contributed by atoms with E-state index < -0.39 is 0 Å². The van der Waals surface area contributed by atoms with Gasteiger partial charge in [0.05, 0.1) is 6.42 Å². The third kappa shape index (κ3) is 4.57. The number of aliphatic hydroxyl groups excluding tert-OH is 1. The van der Waals surface area contributed by atoms with E-state index in [0.29, 0.717) is 25.9 Å². The van der Waals surface area contributed by atoms with Gasteiger partial charge < -0.3 is 10.0 Å². The van der Waals surface area contributed by atoms with E-state index in [1.165, 1.54) is 5.56 Å². The van der Waals surface area contributed by atoms with E-state index in [-0.39, 0.29) is 12.5 Å². The van der Waals surface area contributed by atoms with E-state index in [9.17, 15) is 4.79 Å². The van der Waals surface area contributed by atoms with Crippen molar-refractivity contribution >= 4 is 5.91 Å². The molecule has 0 radical (unpaired) electrons. The van der Waals surface area contributed by atoms with Crippen LogP contribution < -0.4 is 0 Å². The normalized spacial score (nSPS) is 10.3. The minimum Gasteiger partial charge on any atom is -0.396 e. The SMILES string of the molecule is CCN(CCCO)C(=O)Cc1ccc(C)cc1. The van der Waals surface area contributed by atoms with Crippen LogP contribution in [0.3, 0.4) is 0 Å². The molecule has 0 unspecified atom stereocenters. The number of likely N-dealkylation sites (N-methyl/N-ethyl adjacent to an activating group) is 1. The summed E-state index contributed by atoms with van der Waals surface area (Å²) in [5, 5.41) is 8.77. The van der Waals surface area contributed by atoms with Crippen LogP contribution in [0, 0.1) is 6.92 Å². The second-order valence-corrected chi connectivity index (χ2v) is 4.21. The van der Waals surface area contributed by atoms with Crippen molar-refractivity contribution in [2.75, 3.05) is 19.7 Å². The second-order valence-electron chi connectivity index (χ2n) is 4.21. The predicted molar refractivity (Wildman–Crippen MR) is 68.8 cm³/mol. The molecule has 1 aromatic carbocycles. The molecule has 1 amide bonds. The molecule has 94 valence electrons. The summed E-state index contributed by atoms with van der Waals surface area (Å²) in [6.45, 7) is 5.46. The lowest BCUT2D eigenvalue weighted by atomic mass is 10.1. The Morgan fingerprint density at radius 3 is 2.47 bits per heavy atom. The van der Waals surface area contributed by atoms with Crippen LogP contribution in [0.25, 0.3) is 0 Å². The van der Waals surface area contributed by atoms with Crippen molar-refractivity contribution in [2.45, 2.75) is 26.7 Å². The van der Waals surface area contributed by atoms with Crippen LogP contribution in [0.4, 0.5) is 0 Å². The first-order valence-electron chi connectivity index (χ1n) is 6.11. The lowest BCUT2D eigenvalue weighted by Crippen LogP contribution is -2.33. The molecule has 1 N–H and O–H groups in total. The van der Waals surface area contributed by atoms with Crippen LogP contribution in [-0.2, 0) is 11.2 Å². The quantitative estimate of drug-likeness (QED) is 0.816. The standard InChI is InChI=1S/C14H21NO2/c1-3-15(9-4-10-16)14(17)11-13-7-5-12(2)6-8-13/h5-8,16H,3-4,9-11H2,1-2H3. The summed E-state index contributed by atoms with van der Waals surface area (Å²) in [5.74, 6) is 0.129. The Balaban J connectivity index is 2.54. The zero-order chi connectivity index (χ0) is 12.7. The Hall–Kier alpha value is -1.35. The van der Waals surface area contributed by atoms with Gasteiger partial charge in [-0.05, 0) is 25.8 Å². The fourth-order valence-corrected chi connectivity index (χ4v) is 1.71. The molecule has 0 heterocycles. The number of aliphatic hydroxyl groups is 1. The Bertz CT molecular complexity index is 346. The van der Waals surface area contributed by atoms with Gasteiger partial charge in [0.1, 0.15) is 0 Å². The Morgan fingerprint density at radius 1 is 1.29 bits per heavy atom. The third-order valence-corrected chi connectivity index (χ3v) is 2.80. The molecule has 0 bridgehead atoms. The number of nitrogens with zero attached hydrogens (tertiary/aromatic N) is 1. The molecule has 3 heteroatoms. The van der Waals surface area contributed by atoms with Gasteiger partial charge in [-0.3, -0.25) is 4.79 Å². The number of benzene rings is 1. The first-order chi connectivity index (χ1) is 8.17. The second kappa shape index (κ2) is 7.07. The summed E-state index contributed by atoms with van der Waals surface area (Å²) in [6.07, 6.45) is 1.09. The molecule has 0 aromatic heterocycles. The highest BCUT2D eigenvalue weighted by atomic mass is 16.3. The Labute approximate surface area is 103 Å². The summed E-state index contributed by atoms with van der Waals surface area (Å²) in [6, 6.07) is 8.03. The monoisotopic (exact) mass is 235 g/mol. The molecule has 1 rings (SSSR count). The number of aryl methyl sites for hydroxylation is 1. The fourth-order valence-electron chi connectivity index (χ4n) is 1.71. The van der Waals surface area contributed by atoms with Crippen molar-refractivity contribution in [2.24, 2.45) is 0 Å². The molecule has 0 aliphatic carbocycles. The van der Waals surface area contributed by atoms with E-state index in [1.54, 1.807) is 4.90 Å². The zero-order valence-electron chi connectivity index (χ0n) is 10.6. The largest absolute Gasteiger partial charge is 0.396 e. The van der Waals surface area contributed by atoms with Crippen molar-refractivity contribution < 1.29 is 9.90 Å². The number of amides is 1. The molecule has 0 fully saturated rings. The molecule has 3 nitrogen and oxygen atoms in total. The minimum atomic E-state index is 0.129. The maximum Gasteiger partial charge on any atom is 0.226 e. The molecule has 1 aromatic rings. The Kier molecular flexibility index (Phi) is 5.70. The molecule has 0 spiro atoms. The van der Waals surface area contributed by atoms with Gasteiger partial charge in [-0.25, -0.2) is 0 Å². The highest BCUT2D eigenvalue weighted by Gasteiger charge is 2.11. The molecule has 0 saturated carbocycles. The maximum atomic E-state index is 12.0. The summed E-state index contributed by atoms with van der Waals surface area (Å²) in [4.78, 5) is 13.8. The van der Waals surface area contributed by atoms with E-state index in [4.69, 9.17) is 5.11 Å². The third-order valence-electron chi connectivity index (χ3n) is 2.80. The molecule has 0 saturated heterocycles. The van der Waals surface area contributed by atoms with Gasteiger partial charge in [0, 0.05) is 19.7 Å². The first-order valence-corrected chi connectivity index (χ1v) is 6.11. The number of carbonyl (C=O) groups excluding carboxylic acids is 1. The lowest BCUT2D eigenvalue weighted by molar-refractivity contribution is -0.130. The van der Waals surface area contributed by atoms with Gasteiger partial charge in [0.25, 0.3) is 0 Å². The summed E-state index contributed by atoms with van der Waals surface area (Å²) in [7, 11) is 0. The van der Waals surface area contributed by atoms with Crippen LogP contribution >= 0.6 is 0 Å². The average molecular weight is 235 g/mol. The number of rotatable bonds is 6. The summed E-state index contributed by atoms with van der Waals surface area (Å²) >= 11 is 0. The van der Waals surface area contributed by atoms with Gasteiger partial charge in [0.2, 0.25) is 5.91 Å². The van der Waals surface area contributed by atoms with Crippen LogP contribution in [0.5, 0.6) is 0 Å². The molecular formula is C14H21NO2. The number of hydrogen-bond donors (Lipinski definition) is 1. The van der Waals surface area contributed by atoms with Crippen LogP contribution in [0.1, 0.15) is 24.5 Å². The lowest BCUT2D eigenvalue weighted by Gasteiger charge is -2.20. The number of carbonyl (C=O) groups is 1. The van der Waals surface area contributed by atoms with Crippen molar-refractivity contribution in [3.63, 3.8) is 0 Å². The molecule has 0 aliphatic rings. The fraction of sp³-hybridized carbons (Fsp3) is 0.500.